The molecule has 5 nitrogen and oxygen atoms in total. The van der Waals surface area contributed by atoms with Crippen molar-refractivity contribution in [1.82, 2.24) is 5.32 Å². The number of ether oxygens (including phenoxy) is 1. The highest BCUT2D eigenvalue weighted by Crippen LogP contribution is 2.21. The fourth-order valence-corrected chi connectivity index (χ4v) is 2.16. The van der Waals surface area contributed by atoms with Crippen LogP contribution in [0.1, 0.15) is 27.2 Å². The van der Waals surface area contributed by atoms with E-state index in [2.05, 4.69) is 16.6 Å². The van der Waals surface area contributed by atoms with E-state index in [-0.39, 0.29) is 18.1 Å². The fraction of sp³-hybridized carbons (Fsp3) is 0.471. The zero-order chi connectivity index (χ0) is 16.6. The Kier molecular flexibility index (Phi) is 6.74. The summed E-state index contributed by atoms with van der Waals surface area (Å²) in [6.07, 6.45) is 5.35. The highest BCUT2D eigenvalue weighted by atomic mass is 16.5. The van der Waals surface area contributed by atoms with Crippen molar-refractivity contribution in [1.29, 1.82) is 0 Å². The molecular weight excluding hydrogens is 280 g/mol. The van der Waals surface area contributed by atoms with Crippen LogP contribution in [0, 0.1) is 17.8 Å². The Hall–Kier alpha value is -2.19. The average Bonchev–Trinajstić information content (AvgIpc) is 2.42. The summed E-state index contributed by atoms with van der Waals surface area (Å²) in [5.74, 6) is 2.99. The molecule has 5 heteroatoms. The summed E-state index contributed by atoms with van der Waals surface area (Å²) in [4.78, 5) is 11.9. The topological polar surface area (TPSA) is 70.6 Å². The van der Waals surface area contributed by atoms with Gasteiger partial charge >= 0.3 is 6.03 Å². The third-order valence-electron chi connectivity index (χ3n) is 2.99. The van der Waals surface area contributed by atoms with E-state index >= 15 is 0 Å². The molecule has 1 atom stereocenters. The molecule has 1 aromatic carbocycles. The molecule has 0 bridgehead atoms. The lowest BCUT2D eigenvalue weighted by Gasteiger charge is -2.26. The van der Waals surface area contributed by atoms with E-state index in [1.165, 1.54) is 0 Å². The predicted octanol–water partition coefficient (Wildman–Crippen LogP) is 2.62. The van der Waals surface area contributed by atoms with E-state index in [1.807, 2.05) is 13.8 Å². The number of nitrogens with one attached hydrogen (secondary N) is 2. The molecule has 0 saturated carbocycles. The summed E-state index contributed by atoms with van der Waals surface area (Å²) in [5.41, 5.74) is 0.448. The van der Waals surface area contributed by atoms with Crippen LogP contribution >= 0.6 is 0 Å². The van der Waals surface area contributed by atoms with Gasteiger partial charge in [-0.2, -0.15) is 0 Å². The molecule has 0 saturated heterocycles. The third-order valence-corrected chi connectivity index (χ3v) is 2.99. The molecular formula is C17H24N2O3. The van der Waals surface area contributed by atoms with E-state index in [4.69, 9.17) is 11.2 Å². The molecule has 0 spiro atoms. The van der Waals surface area contributed by atoms with Crippen LogP contribution in [0.25, 0.3) is 0 Å². The maximum Gasteiger partial charge on any atom is 0.319 e. The summed E-state index contributed by atoms with van der Waals surface area (Å²) in [5, 5.41) is 15.0. The number of benzene rings is 1. The number of hydrogen-bond donors (Lipinski definition) is 3. The number of anilines is 1. The highest BCUT2D eigenvalue weighted by molar-refractivity contribution is 5.89. The summed E-state index contributed by atoms with van der Waals surface area (Å²) >= 11 is 0. The highest BCUT2D eigenvalue weighted by Gasteiger charge is 2.21. The zero-order valence-electron chi connectivity index (χ0n) is 13.3. The van der Waals surface area contributed by atoms with Crippen molar-refractivity contribution in [3.05, 3.63) is 24.3 Å². The predicted molar refractivity (Wildman–Crippen MR) is 87.9 cm³/mol. The summed E-state index contributed by atoms with van der Waals surface area (Å²) in [7, 11) is 0. The number of hydrogen-bond acceptors (Lipinski definition) is 3. The second kappa shape index (κ2) is 8.30. The van der Waals surface area contributed by atoms with Gasteiger partial charge in [-0.1, -0.05) is 25.8 Å². The number of amides is 2. The quantitative estimate of drug-likeness (QED) is 0.678. The van der Waals surface area contributed by atoms with Crippen LogP contribution in [0.4, 0.5) is 10.5 Å². The first-order chi connectivity index (χ1) is 10.3. The maximum absolute atomic E-state index is 11.9. The van der Waals surface area contributed by atoms with Crippen molar-refractivity contribution in [2.75, 3.05) is 18.5 Å². The molecule has 2 amide bonds. The molecule has 0 aliphatic rings. The molecule has 0 fully saturated rings. The van der Waals surface area contributed by atoms with Crippen LogP contribution < -0.4 is 15.4 Å². The van der Waals surface area contributed by atoms with Gasteiger partial charge in [0.1, 0.15) is 12.4 Å². The van der Waals surface area contributed by atoms with Crippen molar-refractivity contribution < 1.29 is 14.6 Å². The fourth-order valence-electron chi connectivity index (χ4n) is 2.16. The van der Waals surface area contributed by atoms with E-state index in [1.54, 1.807) is 31.2 Å². The van der Waals surface area contributed by atoms with Crippen LogP contribution in [-0.2, 0) is 0 Å². The number of aliphatic hydroxyl groups excluding tert-OH is 1. The lowest BCUT2D eigenvalue weighted by molar-refractivity contribution is 0.129. The smallest absolute Gasteiger partial charge is 0.319 e. The van der Waals surface area contributed by atoms with Crippen LogP contribution in [0.5, 0.6) is 5.75 Å². The van der Waals surface area contributed by atoms with E-state index in [0.717, 1.165) is 0 Å². The number of urea groups is 1. The van der Waals surface area contributed by atoms with Gasteiger partial charge in [-0.15, -0.1) is 6.42 Å². The average molecular weight is 304 g/mol. The molecule has 1 aromatic rings. The Morgan fingerprint density at radius 2 is 2.23 bits per heavy atom. The molecule has 0 radical (unpaired) electrons. The van der Waals surface area contributed by atoms with Crippen LogP contribution in [0.15, 0.2) is 24.3 Å². The molecule has 3 N–H and O–H groups in total. The Balaban J connectivity index is 2.50. The lowest BCUT2D eigenvalue weighted by Crippen LogP contribution is -2.38. The minimum Gasteiger partial charge on any atom is -0.481 e. The van der Waals surface area contributed by atoms with Gasteiger partial charge in [0.2, 0.25) is 0 Å². The first-order valence-electron chi connectivity index (χ1n) is 7.21. The molecule has 120 valence electrons. The second-order valence-corrected chi connectivity index (χ2v) is 6.05. The van der Waals surface area contributed by atoms with Gasteiger partial charge in [-0.05, 0) is 30.9 Å². The Morgan fingerprint density at radius 1 is 1.50 bits per heavy atom. The molecule has 22 heavy (non-hydrogen) atoms. The number of terminal acetylenes is 1. The minimum atomic E-state index is -0.398. The molecule has 0 heterocycles. The van der Waals surface area contributed by atoms with Crippen molar-refractivity contribution >= 4 is 11.7 Å². The molecule has 1 unspecified atom stereocenters. The Labute approximate surface area is 132 Å². The summed E-state index contributed by atoms with van der Waals surface area (Å²) in [6, 6.07) is 6.72. The van der Waals surface area contributed by atoms with Gasteiger partial charge < -0.3 is 20.5 Å². The number of carbonyl (C=O) groups is 1. The maximum atomic E-state index is 11.9. The monoisotopic (exact) mass is 304 g/mol. The largest absolute Gasteiger partial charge is 0.481 e. The Bertz CT molecular complexity index is 533. The van der Waals surface area contributed by atoms with Gasteiger partial charge in [0.15, 0.2) is 0 Å². The van der Waals surface area contributed by atoms with Crippen molar-refractivity contribution in [2.45, 2.75) is 33.3 Å². The number of carbonyl (C=O) groups excluding carboxylic acids is 1. The van der Waals surface area contributed by atoms with Crippen molar-refractivity contribution in [2.24, 2.45) is 5.41 Å². The molecule has 0 aromatic heterocycles. The second-order valence-electron chi connectivity index (χ2n) is 6.05. The van der Waals surface area contributed by atoms with E-state index < -0.39 is 6.10 Å². The van der Waals surface area contributed by atoms with E-state index in [9.17, 15) is 9.90 Å². The van der Waals surface area contributed by atoms with E-state index in [0.29, 0.717) is 24.4 Å². The molecule has 0 aliphatic carbocycles. The first-order valence-corrected chi connectivity index (χ1v) is 7.21. The molecule has 1 rings (SSSR count). The van der Waals surface area contributed by atoms with Crippen LogP contribution in [0.3, 0.4) is 0 Å². The molecule has 0 aliphatic heterocycles. The number of aliphatic hydroxyl groups is 1. The normalized spacial score (nSPS) is 12.1. The van der Waals surface area contributed by atoms with Gasteiger partial charge in [0.05, 0.1) is 6.10 Å². The van der Waals surface area contributed by atoms with Gasteiger partial charge in [0, 0.05) is 18.3 Å². The standard InChI is InChI=1S/C17H24N2O3/c1-5-9-22-15-8-6-7-14(10-15)19-16(21)18-12-17(3,4)11-13(2)20/h1,6-8,10,13,20H,9,11-12H2,2-4H3,(H2,18,19,21). The third kappa shape index (κ3) is 7.00. The number of rotatable bonds is 7. The van der Waals surface area contributed by atoms with Crippen LogP contribution in [0.2, 0.25) is 0 Å². The van der Waals surface area contributed by atoms with Crippen LogP contribution in [-0.4, -0.2) is 30.4 Å². The van der Waals surface area contributed by atoms with Crippen molar-refractivity contribution in [3.8, 4) is 18.1 Å². The van der Waals surface area contributed by atoms with Gasteiger partial charge in [-0.25, -0.2) is 4.79 Å². The lowest BCUT2D eigenvalue weighted by atomic mass is 9.87. The zero-order valence-corrected chi connectivity index (χ0v) is 13.3. The van der Waals surface area contributed by atoms with Gasteiger partial charge in [-0.3, -0.25) is 0 Å². The first kappa shape index (κ1) is 17.9. The SMILES string of the molecule is C#CCOc1cccc(NC(=O)NCC(C)(C)CC(C)O)c1. The summed E-state index contributed by atoms with van der Waals surface area (Å²) < 4.78 is 5.30. The minimum absolute atomic E-state index is 0.177. The Morgan fingerprint density at radius 3 is 2.86 bits per heavy atom. The van der Waals surface area contributed by atoms with Crippen molar-refractivity contribution in [3.63, 3.8) is 0 Å². The summed E-state index contributed by atoms with van der Waals surface area (Å²) in [6.45, 7) is 6.38. The van der Waals surface area contributed by atoms with Gasteiger partial charge in [0.25, 0.3) is 0 Å².